The first-order chi connectivity index (χ1) is 8.66. The van der Waals surface area contributed by atoms with Crippen molar-refractivity contribution >= 4 is 27.5 Å². The predicted octanol–water partition coefficient (Wildman–Crippen LogP) is 5.16. The first kappa shape index (κ1) is 14.4. The van der Waals surface area contributed by atoms with E-state index in [9.17, 15) is 0 Å². The maximum absolute atomic E-state index is 6.00. The molecule has 1 atom stereocenters. The third kappa shape index (κ3) is 3.97. The van der Waals surface area contributed by atoms with E-state index in [-0.39, 0.29) is 0 Å². The van der Waals surface area contributed by atoms with Crippen molar-refractivity contribution in [3.63, 3.8) is 0 Å². The molecule has 0 amide bonds. The Hall–Kier alpha value is -0.0500. The Bertz CT molecular complexity index is 388. The summed E-state index contributed by atoms with van der Waals surface area (Å²) in [5.74, 6) is 0.856. The van der Waals surface area contributed by atoms with E-state index in [2.05, 4.69) is 40.3 Å². The van der Waals surface area contributed by atoms with Crippen LogP contribution in [0.4, 0.5) is 0 Å². The van der Waals surface area contributed by atoms with Crippen LogP contribution in [0.3, 0.4) is 0 Å². The van der Waals surface area contributed by atoms with Gasteiger partial charge >= 0.3 is 0 Å². The van der Waals surface area contributed by atoms with Crippen molar-refractivity contribution in [2.75, 3.05) is 0 Å². The zero-order valence-corrected chi connectivity index (χ0v) is 13.2. The fraction of sp³-hybridized carbons (Fsp3) is 0.600. The summed E-state index contributed by atoms with van der Waals surface area (Å²) < 4.78 is 0.980. The molecule has 1 aliphatic carbocycles. The van der Waals surface area contributed by atoms with E-state index in [1.54, 1.807) is 0 Å². The Morgan fingerprint density at radius 3 is 2.72 bits per heavy atom. The highest BCUT2D eigenvalue weighted by Gasteiger charge is 2.19. The quantitative estimate of drug-likeness (QED) is 0.804. The minimum absolute atomic E-state index is 0.611. The van der Waals surface area contributed by atoms with Crippen molar-refractivity contribution < 1.29 is 0 Å². The number of benzene rings is 1. The van der Waals surface area contributed by atoms with Crippen LogP contribution in [0.2, 0.25) is 5.02 Å². The standard InChI is InChI=1S/C15H21BrClN/c1-11(13-5-3-2-4-6-13)18-10-12-7-8-15(17)14(16)9-12/h7-9,11,13,18H,2-6,10H2,1H3/t11-/m1/s1. The topological polar surface area (TPSA) is 12.0 Å². The molecule has 1 saturated carbocycles. The van der Waals surface area contributed by atoms with Gasteiger partial charge in [-0.1, -0.05) is 36.9 Å². The minimum Gasteiger partial charge on any atom is -0.310 e. The molecule has 0 saturated heterocycles. The zero-order valence-electron chi connectivity index (χ0n) is 10.9. The Morgan fingerprint density at radius 2 is 2.06 bits per heavy atom. The summed E-state index contributed by atoms with van der Waals surface area (Å²) >= 11 is 9.47. The molecule has 0 spiro atoms. The van der Waals surface area contributed by atoms with Gasteiger partial charge in [0.15, 0.2) is 0 Å². The molecule has 1 N–H and O–H groups in total. The third-order valence-electron chi connectivity index (χ3n) is 3.97. The molecule has 0 aromatic heterocycles. The molecular formula is C15H21BrClN. The summed E-state index contributed by atoms with van der Waals surface area (Å²) in [5, 5.41) is 4.43. The summed E-state index contributed by atoms with van der Waals surface area (Å²) in [6, 6.07) is 6.75. The summed E-state index contributed by atoms with van der Waals surface area (Å²) in [4.78, 5) is 0. The van der Waals surface area contributed by atoms with Gasteiger partial charge in [-0.15, -0.1) is 0 Å². The van der Waals surface area contributed by atoms with E-state index in [0.29, 0.717) is 6.04 Å². The van der Waals surface area contributed by atoms with Crippen molar-refractivity contribution in [2.45, 2.75) is 51.6 Å². The van der Waals surface area contributed by atoms with Crippen molar-refractivity contribution in [3.8, 4) is 0 Å². The van der Waals surface area contributed by atoms with Crippen LogP contribution < -0.4 is 5.32 Å². The van der Waals surface area contributed by atoms with Crippen LogP contribution in [0.15, 0.2) is 22.7 Å². The smallest absolute Gasteiger partial charge is 0.0548 e. The first-order valence-electron chi connectivity index (χ1n) is 6.84. The van der Waals surface area contributed by atoms with Crippen molar-refractivity contribution in [1.29, 1.82) is 0 Å². The second-order valence-electron chi connectivity index (χ2n) is 5.32. The summed E-state index contributed by atoms with van der Waals surface area (Å²) in [7, 11) is 0. The van der Waals surface area contributed by atoms with Gasteiger partial charge in [0.2, 0.25) is 0 Å². The van der Waals surface area contributed by atoms with Gasteiger partial charge in [0, 0.05) is 17.1 Å². The molecule has 2 rings (SSSR count). The number of hydrogen-bond donors (Lipinski definition) is 1. The third-order valence-corrected chi connectivity index (χ3v) is 5.18. The van der Waals surface area contributed by atoms with E-state index in [1.807, 2.05) is 6.07 Å². The molecule has 0 heterocycles. The molecular weight excluding hydrogens is 310 g/mol. The van der Waals surface area contributed by atoms with Crippen molar-refractivity contribution in [2.24, 2.45) is 5.92 Å². The molecule has 1 aliphatic rings. The monoisotopic (exact) mass is 329 g/mol. The molecule has 1 nitrogen and oxygen atoms in total. The second kappa shape index (κ2) is 6.93. The maximum Gasteiger partial charge on any atom is 0.0548 e. The lowest BCUT2D eigenvalue weighted by molar-refractivity contribution is 0.280. The van der Waals surface area contributed by atoms with E-state index >= 15 is 0 Å². The maximum atomic E-state index is 6.00. The first-order valence-corrected chi connectivity index (χ1v) is 8.01. The lowest BCUT2D eigenvalue weighted by Crippen LogP contribution is -2.34. The van der Waals surface area contributed by atoms with Gasteiger partial charge < -0.3 is 5.32 Å². The lowest BCUT2D eigenvalue weighted by atomic mass is 9.84. The predicted molar refractivity (Wildman–Crippen MR) is 82.0 cm³/mol. The fourth-order valence-corrected chi connectivity index (χ4v) is 3.27. The van der Waals surface area contributed by atoms with E-state index in [1.165, 1.54) is 37.7 Å². The van der Waals surface area contributed by atoms with Crippen LogP contribution in [-0.2, 0) is 6.54 Å². The Kier molecular flexibility index (Phi) is 5.53. The van der Waals surface area contributed by atoms with Gasteiger partial charge in [-0.2, -0.15) is 0 Å². The summed E-state index contributed by atoms with van der Waals surface area (Å²) in [6.07, 6.45) is 7.01. The van der Waals surface area contributed by atoms with E-state index in [4.69, 9.17) is 11.6 Å². The van der Waals surface area contributed by atoms with Crippen LogP contribution in [0.25, 0.3) is 0 Å². The van der Waals surface area contributed by atoms with Gasteiger partial charge in [0.05, 0.1) is 5.02 Å². The highest BCUT2D eigenvalue weighted by molar-refractivity contribution is 9.10. The molecule has 1 aromatic carbocycles. The molecule has 3 heteroatoms. The zero-order chi connectivity index (χ0) is 13.0. The largest absolute Gasteiger partial charge is 0.310 e. The summed E-state index contributed by atoms with van der Waals surface area (Å²) in [6.45, 7) is 3.24. The van der Waals surface area contributed by atoms with Gasteiger partial charge in [-0.25, -0.2) is 0 Å². The Morgan fingerprint density at radius 1 is 1.33 bits per heavy atom. The normalized spacial score (nSPS) is 18.8. The molecule has 0 unspecified atom stereocenters. The highest BCUT2D eigenvalue weighted by atomic mass is 79.9. The lowest BCUT2D eigenvalue weighted by Gasteiger charge is -2.28. The molecule has 1 aromatic rings. The van der Waals surface area contributed by atoms with E-state index in [0.717, 1.165) is 22.0 Å². The highest BCUT2D eigenvalue weighted by Crippen LogP contribution is 2.27. The van der Waals surface area contributed by atoms with Crippen LogP contribution in [-0.4, -0.2) is 6.04 Å². The molecule has 0 aliphatic heterocycles. The van der Waals surface area contributed by atoms with Crippen LogP contribution in [0.1, 0.15) is 44.6 Å². The number of hydrogen-bond acceptors (Lipinski definition) is 1. The molecule has 18 heavy (non-hydrogen) atoms. The average Bonchev–Trinajstić information content (AvgIpc) is 2.41. The van der Waals surface area contributed by atoms with Gasteiger partial charge in [0.1, 0.15) is 0 Å². The van der Waals surface area contributed by atoms with Crippen LogP contribution in [0, 0.1) is 5.92 Å². The van der Waals surface area contributed by atoms with Gasteiger partial charge in [-0.05, 0) is 59.3 Å². The minimum atomic E-state index is 0.611. The number of halogens is 2. The fourth-order valence-electron chi connectivity index (χ4n) is 2.73. The summed E-state index contributed by atoms with van der Waals surface area (Å²) in [5.41, 5.74) is 1.29. The number of nitrogens with one attached hydrogen (secondary N) is 1. The Balaban J connectivity index is 1.84. The number of rotatable bonds is 4. The van der Waals surface area contributed by atoms with Crippen molar-refractivity contribution in [1.82, 2.24) is 5.32 Å². The molecule has 0 radical (unpaired) electrons. The van der Waals surface area contributed by atoms with Gasteiger partial charge in [-0.3, -0.25) is 0 Å². The van der Waals surface area contributed by atoms with Crippen LogP contribution in [0.5, 0.6) is 0 Å². The molecule has 1 fully saturated rings. The second-order valence-corrected chi connectivity index (χ2v) is 6.58. The van der Waals surface area contributed by atoms with E-state index < -0.39 is 0 Å². The molecule has 100 valence electrons. The van der Waals surface area contributed by atoms with Gasteiger partial charge in [0.25, 0.3) is 0 Å². The Labute approximate surface area is 123 Å². The SMILES string of the molecule is C[C@@H](NCc1ccc(Cl)c(Br)c1)C1CCCCC1. The van der Waals surface area contributed by atoms with Crippen molar-refractivity contribution in [3.05, 3.63) is 33.3 Å². The molecule has 0 bridgehead atoms. The van der Waals surface area contributed by atoms with Crippen LogP contribution >= 0.6 is 27.5 Å². The average molecular weight is 331 g/mol.